The van der Waals surface area contributed by atoms with Crippen LogP contribution in [0.4, 0.5) is 5.13 Å². The Labute approximate surface area is 94.1 Å². The summed E-state index contributed by atoms with van der Waals surface area (Å²) in [5.74, 6) is 0. The number of rotatable bonds is 3. The Bertz CT molecular complexity index is 320. The normalized spacial score (nSPS) is 23.0. The van der Waals surface area contributed by atoms with Gasteiger partial charge in [-0.05, 0) is 13.3 Å². The summed E-state index contributed by atoms with van der Waals surface area (Å²) in [6, 6.07) is 0.486. The lowest BCUT2D eigenvalue weighted by Gasteiger charge is -2.21. The molecule has 1 aromatic rings. The quantitative estimate of drug-likeness (QED) is 0.847. The Morgan fingerprint density at radius 2 is 2.53 bits per heavy atom. The molecule has 2 heterocycles. The number of nitrogens with two attached hydrogens (primary N) is 1. The van der Waals surface area contributed by atoms with Crippen molar-refractivity contribution in [2.24, 2.45) is 5.73 Å². The molecule has 2 unspecified atom stereocenters. The lowest BCUT2D eigenvalue weighted by atomic mass is 10.2. The summed E-state index contributed by atoms with van der Waals surface area (Å²) in [4.78, 5) is 6.72. The minimum Gasteiger partial charge on any atom is -0.379 e. The van der Waals surface area contributed by atoms with Crippen molar-refractivity contribution in [1.82, 2.24) is 4.98 Å². The van der Waals surface area contributed by atoms with E-state index in [0.29, 0.717) is 6.04 Å². The van der Waals surface area contributed by atoms with Gasteiger partial charge in [0.25, 0.3) is 0 Å². The van der Waals surface area contributed by atoms with E-state index in [4.69, 9.17) is 10.5 Å². The van der Waals surface area contributed by atoms with E-state index in [1.54, 1.807) is 11.3 Å². The summed E-state index contributed by atoms with van der Waals surface area (Å²) in [7, 11) is 2.07. The number of anilines is 1. The zero-order valence-corrected chi connectivity index (χ0v) is 9.96. The molecule has 0 saturated carbocycles. The number of ether oxygens (including phenoxy) is 1. The van der Waals surface area contributed by atoms with Crippen LogP contribution in [0.1, 0.15) is 25.1 Å². The van der Waals surface area contributed by atoms with E-state index < -0.39 is 0 Å². The van der Waals surface area contributed by atoms with Gasteiger partial charge in [-0.2, -0.15) is 0 Å². The molecule has 0 aliphatic carbocycles. The van der Waals surface area contributed by atoms with Crippen molar-refractivity contribution >= 4 is 16.5 Å². The van der Waals surface area contributed by atoms with Gasteiger partial charge in [0.05, 0.1) is 18.3 Å². The third-order valence-electron chi connectivity index (χ3n) is 2.73. The molecule has 1 aliphatic rings. The highest BCUT2D eigenvalue weighted by atomic mass is 32.1. The molecule has 5 heteroatoms. The van der Waals surface area contributed by atoms with Gasteiger partial charge in [-0.3, -0.25) is 0 Å². The minimum atomic E-state index is 0.0169. The fourth-order valence-corrected chi connectivity index (χ4v) is 2.60. The highest BCUT2D eigenvalue weighted by Gasteiger charge is 2.22. The monoisotopic (exact) mass is 227 g/mol. The van der Waals surface area contributed by atoms with Crippen LogP contribution in [0.2, 0.25) is 0 Å². The fourth-order valence-electron chi connectivity index (χ4n) is 1.63. The molecule has 15 heavy (non-hydrogen) atoms. The molecule has 0 amide bonds. The number of likely N-dealkylation sites (N-methyl/N-ethyl adjacent to an activating group) is 1. The third-order valence-corrected chi connectivity index (χ3v) is 3.68. The van der Waals surface area contributed by atoms with Gasteiger partial charge in [0.15, 0.2) is 5.13 Å². The standard InChI is InChI=1S/C10H17N3OS/c1-7(11)9-6-15-10(12-9)13(2)8-3-4-14-5-8/h6-8H,3-5,11H2,1-2H3. The maximum absolute atomic E-state index is 5.78. The average Bonchev–Trinajstić information content (AvgIpc) is 2.88. The Kier molecular flexibility index (Phi) is 3.23. The molecule has 0 radical (unpaired) electrons. The van der Waals surface area contributed by atoms with Crippen LogP contribution in [0.15, 0.2) is 5.38 Å². The smallest absolute Gasteiger partial charge is 0.185 e. The van der Waals surface area contributed by atoms with Gasteiger partial charge in [0.2, 0.25) is 0 Å². The van der Waals surface area contributed by atoms with E-state index in [1.807, 2.05) is 12.3 Å². The molecular formula is C10H17N3OS. The van der Waals surface area contributed by atoms with Gasteiger partial charge in [-0.25, -0.2) is 4.98 Å². The first-order chi connectivity index (χ1) is 7.18. The van der Waals surface area contributed by atoms with Crippen LogP contribution in [0.3, 0.4) is 0 Å². The zero-order chi connectivity index (χ0) is 10.8. The summed E-state index contributed by atoms with van der Waals surface area (Å²) < 4.78 is 5.36. The maximum Gasteiger partial charge on any atom is 0.185 e. The van der Waals surface area contributed by atoms with Gasteiger partial charge in [-0.15, -0.1) is 11.3 Å². The molecule has 0 spiro atoms. The SMILES string of the molecule is CC(N)c1csc(N(C)C2CCOC2)n1. The maximum atomic E-state index is 5.78. The molecule has 1 saturated heterocycles. The molecule has 1 fully saturated rings. The first kappa shape index (κ1) is 10.9. The van der Waals surface area contributed by atoms with Gasteiger partial charge >= 0.3 is 0 Å². The first-order valence-corrected chi connectivity index (χ1v) is 6.08. The van der Waals surface area contributed by atoms with Crippen LogP contribution in [0.25, 0.3) is 0 Å². The second kappa shape index (κ2) is 4.47. The van der Waals surface area contributed by atoms with E-state index in [2.05, 4.69) is 16.9 Å². The van der Waals surface area contributed by atoms with Crippen molar-refractivity contribution in [2.75, 3.05) is 25.2 Å². The number of hydrogen-bond donors (Lipinski definition) is 1. The summed E-state index contributed by atoms with van der Waals surface area (Å²) in [6.45, 7) is 3.63. The van der Waals surface area contributed by atoms with Crippen molar-refractivity contribution in [3.8, 4) is 0 Å². The van der Waals surface area contributed by atoms with Crippen LogP contribution in [-0.2, 0) is 4.74 Å². The van der Waals surface area contributed by atoms with E-state index >= 15 is 0 Å². The summed E-state index contributed by atoms with van der Waals surface area (Å²) in [5, 5.41) is 3.07. The van der Waals surface area contributed by atoms with Crippen LogP contribution >= 0.6 is 11.3 Å². The van der Waals surface area contributed by atoms with E-state index in [9.17, 15) is 0 Å². The lowest BCUT2D eigenvalue weighted by molar-refractivity contribution is 0.193. The molecule has 2 rings (SSSR count). The molecule has 2 N–H and O–H groups in total. The largest absolute Gasteiger partial charge is 0.379 e. The second-order valence-corrected chi connectivity index (χ2v) is 4.81. The number of aromatic nitrogens is 1. The number of thiazole rings is 1. The summed E-state index contributed by atoms with van der Waals surface area (Å²) in [6.07, 6.45) is 1.09. The highest BCUT2D eigenvalue weighted by molar-refractivity contribution is 7.13. The van der Waals surface area contributed by atoms with E-state index in [1.165, 1.54) is 0 Å². The number of nitrogens with zero attached hydrogens (tertiary/aromatic N) is 2. The van der Waals surface area contributed by atoms with Crippen molar-refractivity contribution in [3.05, 3.63) is 11.1 Å². The topological polar surface area (TPSA) is 51.4 Å². The van der Waals surface area contributed by atoms with Crippen LogP contribution in [0, 0.1) is 0 Å². The molecule has 2 atom stereocenters. The molecule has 1 aliphatic heterocycles. The van der Waals surface area contributed by atoms with Crippen molar-refractivity contribution in [3.63, 3.8) is 0 Å². The van der Waals surface area contributed by atoms with E-state index in [0.717, 1.165) is 30.5 Å². The average molecular weight is 227 g/mol. The molecule has 4 nitrogen and oxygen atoms in total. The first-order valence-electron chi connectivity index (χ1n) is 5.20. The van der Waals surface area contributed by atoms with Crippen LogP contribution in [-0.4, -0.2) is 31.3 Å². The molecule has 0 aromatic carbocycles. The third kappa shape index (κ3) is 2.30. The Morgan fingerprint density at radius 3 is 3.07 bits per heavy atom. The van der Waals surface area contributed by atoms with E-state index in [-0.39, 0.29) is 6.04 Å². The highest BCUT2D eigenvalue weighted by Crippen LogP contribution is 2.25. The van der Waals surface area contributed by atoms with Crippen molar-refractivity contribution < 1.29 is 4.74 Å². The van der Waals surface area contributed by atoms with Crippen LogP contribution in [0.5, 0.6) is 0 Å². The Morgan fingerprint density at radius 1 is 1.73 bits per heavy atom. The van der Waals surface area contributed by atoms with Crippen LogP contribution < -0.4 is 10.6 Å². The molecular weight excluding hydrogens is 210 g/mol. The van der Waals surface area contributed by atoms with Gasteiger partial charge in [0.1, 0.15) is 0 Å². The van der Waals surface area contributed by atoms with Gasteiger partial charge in [0, 0.05) is 25.1 Å². The predicted molar refractivity (Wildman–Crippen MR) is 62.3 cm³/mol. The second-order valence-electron chi connectivity index (χ2n) is 3.97. The lowest BCUT2D eigenvalue weighted by Crippen LogP contribution is -2.31. The molecule has 84 valence electrons. The minimum absolute atomic E-state index is 0.0169. The van der Waals surface area contributed by atoms with Gasteiger partial charge in [-0.1, -0.05) is 0 Å². The van der Waals surface area contributed by atoms with Crippen molar-refractivity contribution in [2.45, 2.75) is 25.4 Å². The molecule has 0 bridgehead atoms. The fraction of sp³-hybridized carbons (Fsp3) is 0.700. The molecule has 1 aromatic heterocycles. The Hall–Kier alpha value is -0.650. The van der Waals surface area contributed by atoms with Crippen molar-refractivity contribution in [1.29, 1.82) is 0 Å². The predicted octanol–water partition coefficient (Wildman–Crippen LogP) is 1.39. The zero-order valence-electron chi connectivity index (χ0n) is 9.14. The van der Waals surface area contributed by atoms with Gasteiger partial charge < -0.3 is 15.4 Å². The number of hydrogen-bond acceptors (Lipinski definition) is 5. The summed E-state index contributed by atoms with van der Waals surface area (Å²) >= 11 is 1.65. The summed E-state index contributed by atoms with van der Waals surface area (Å²) in [5.41, 5.74) is 6.75. The Balaban J connectivity index is 2.07.